The van der Waals surface area contributed by atoms with E-state index in [1.165, 1.54) is 142 Å². The second kappa shape index (κ2) is 11.2. The first-order chi connectivity index (χ1) is 21.8. The molecule has 4 heteroatoms. The van der Waals surface area contributed by atoms with E-state index in [9.17, 15) is 0 Å². The summed E-state index contributed by atoms with van der Waals surface area (Å²) in [6.45, 7) is 1.13. The molecule has 9 rings (SSSR count). The lowest BCUT2D eigenvalue weighted by Gasteiger charge is -2.17. The van der Waals surface area contributed by atoms with Gasteiger partial charge in [-0.05, 0) is 149 Å². The van der Waals surface area contributed by atoms with E-state index in [0.29, 0.717) is 0 Å². The third-order valence-electron chi connectivity index (χ3n) is 11.5. The second-order valence-electron chi connectivity index (χ2n) is 14.2. The second-order valence-corrected chi connectivity index (χ2v) is 14.2. The molecule has 0 unspecified atom stereocenters. The van der Waals surface area contributed by atoms with Gasteiger partial charge in [0.25, 0.3) is 0 Å². The molecule has 0 spiro atoms. The van der Waals surface area contributed by atoms with Gasteiger partial charge < -0.3 is 9.55 Å². The zero-order valence-electron chi connectivity index (χ0n) is 26.4. The first-order valence-electron chi connectivity index (χ1n) is 18.0. The molecule has 0 aromatic carbocycles. The molecule has 44 heavy (non-hydrogen) atoms. The topological polar surface area (TPSA) is 46.5 Å². The van der Waals surface area contributed by atoms with Crippen molar-refractivity contribution in [1.29, 1.82) is 0 Å². The van der Waals surface area contributed by atoms with E-state index in [1.807, 2.05) is 0 Å². The molecular weight excluding hydrogens is 536 g/mol. The summed E-state index contributed by atoms with van der Waals surface area (Å²) in [5.74, 6) is 0. The van der Waals surface area contributed by atoms with Crippen LogP contribution in [0.1, 0.15) is 139 Å². The fourth-order valence-corrected chi connectivity index (χ4v) is 9.32. The van der Waals surface area contributed by atoms with Gasteiger partial charge in [-0.2, -0.15) is 0 Å². The molecule has 3 aromatic heterocycles. The molecule has 226 valence electrons. The number of H-pyrrole nitrogens is 1. The van der Waals surface area contributed by atoms with Gasteiger partial charge in [0.05, 0.1) is 33.8 Å². The minimum atomic E-state index is 1.06. The SMILES string of the molecule is C1=Cc2nc1c1c3nc(c(c4c5c(c6c7c8[nH]c(cc8CCCCCn46)c2CCCCC7)CCCCC5)CCCCC1)C=C3. The van der Waals surface area contributed by atoms with Gasteiger partial charge in [0.2, 0.25) is 0 Å². The van der Waals surface area contributed by atoms with Crippen molar-refractivity contribution in [2.24, 2.45) is 0 Å². The van der Waals surface area contributed by atoms with Gasteiger partial charge in [0.15, 0.2) is 0 Å². The lowest BCUT2D eigenvalue weighted by atomic mass is 9.96. The molecule has 0 amide bonds. The van der Waals surface area contributed by atoms with Crippen LogP contribution in [0, 0.1) is 0 Å². The number of aryl methyl sites for hydroxylation is 7. The molecule has 6 aliphatic rings. The molecule has 5 aliphatic heterocycles. The van der Waals surface area contributed by atoms with E-state index in [4.69, 9.17) is 9.97 Å². The lowest BCUT2D eigenvalue weighted by Crippen LogP contribution is -2.07. The molecule has 8 heterocycles. The van der Waals surface area contributed by atoms with Gasteiger partial charge >= 0.3 is 0 Å². The number of rotatable bonds is 0. The number of hydrogen-bond acceptors (Lipinski definition) is 2. The predicted molar refractivity (Wildman–Crippen MR) is 184 cm³/mol. The zero-order chi connectivity index (χ0) is 29.0. The van der Waals surface area contributed by atoms with Crippen LogP contribution in [-0.4, -0.2) is 19.5 Å². The van der Waals surface area contributed by atoms with Crippen molar-refractivity contribution in [3.63, 3.8) is 0 Å². The molecule has 3 aromatic rings. The average molecular weight is 583 g/mol. The van der Waals surface area contributed by atoms with Crippen molar-refractivity contribution < 1.29 is 0 Å². The number of aromatic amines is 1. The van der Waals surface area contributed by atoms with Crippen molar-refractivity contribution in [2.45, 2.75) is 129 Å². The number of nitrogens with zero attached hydrogens (tertiary/aromatic N) is 3. The molecule has 1 aliphatic carbocycles. The maximum absolute atomic E-state index is 5.48. The van der Waals surface area contributed by atoms with E-state index in [-0.39, 0.29) is 0 Å². The van der Waals surface area contributed by atoms with Gasteiger partial charge in [-0.25, -0.2) is 9.97 Å². The fraction of sp³-hybridized carbons (Fsp3) is 0.500. The standard InChI is InChI=1S/C40H46N4/c1-6-14-27-28(15-7-1)40-32-19-11-3-9-17-30-35-21-20-33(41-35)29-16-8-2-10-18-31(36-23-22-34(29)42-36)39(27)44(40)24-12-4-5-13-26-25-37(30)43-38(26)32/h20-23,25,43H,1-19,24H2. The Morgan fingerprint density at radius 3 is 1.61 bits per heavy atom. The zero-order valence-corrected chi connectivity index (χ0v) is 26.4. The van der Waals surface area contributed by atoms with E-state index >= 15 is 0 Å². The van der Waals surface area contributed by atoms with Gasteiger partial charge in [-0.1, -0.05) is 25.7 Å². The van der Waals surface area contributed by atoms with Gasteiger partial charge in [-0.15, -0.1) is 0 Å². The van der Waals surface area contributed by atoms with Crippen molar-refractivity contribution in [3.8, 4) is 0 Å². The Kier molecular flexibility index (Phi) is 6.86. The van der Waals surface area contributed by atoms with Crippen LogP contribution in [0.2, 0.25) is 0 Å². The van der Waals surface area contributed by atoms with Crippen molar-refractivity contribution in [2.75, 3.05) is 0 Å². The minimum absolute atomic E-state index is 1.06. The first kappa shape index (κ1) is 27.0. The molecule has 1 N–H and O–H groups in total. The Morgan fingerprint density at radius 1 is 0.455 bits per heavy atom. The van der Waals surface area contributed by atoms with E-state index < -0.39 is 0 Å². The van der Waals surface area contributed by atoms with E-state index in [2.05, 4.69) is 39.9 Å². The molecule has 0 saturated heterocycles. The Morgan fingerprint density at radius 2 is 0.932 bits per heavy atom. The third-order valence-corrected chi connectivity index (χ3v) is 11.5. The van der Waals surface area contributed by atoms with Crippen LogP contribution in [0.4, 0.5) is 0 Å². The van der Waals surface area contributed by atoms with Crippen LogP contribution < -0.4 is 0 Å². The molecule has 0 saturated carbocycles. The van der Waals surface area contributed by atoms with Gasteiger partial charge in [0.1, 0.15) is 0 Å². The summed E-state index contributed by atoms with van der Waals surface area (Å²) in [6.07, 6.45) is 32.6. The van der Waals surface area contributed by atoms with Gasteiger partial charge in [-0.3, -0.25) is 0 Å². The number of aromatic nitrogens is 4. The number of fused-ring (bicyclic) bond motifs is 7. The van der Waals surface area contributed by atoms with Crippen molar-refractivity contribution >= 4 is 46.4 Å². The summed E-state index contributed by atoms with van der Waals surface area (Å²) >= 11 is 0. The molecule has 0 atom stereocenters. The van der Waals surface area contributed by atoms with Crippen LogP contribution in [0.3, 0.4) is 0 Å². The first-order valence-corrected chi connectivity index (χ1v) is 18.0. The quantitative estimate of drug-likeness (QED) is 0.185. The molecule has 0 radical (unpaired) electrons. The molecular formula is C40H46N4. The van der Waals surface area contributed by atoms with E-state index in [0.717, 1.165) is 37.2 Å². The van der Waals surface area contributed by atoms with Crippen LogP contribution >= 0.6 is 0 Å². The normalized spacial score (nSPS) is 19.6. The highest BCUT2D eigenvalue weighted by Gasteiger charge is 2.27. The Balaban J connectivity index is 1.55. The van der Waals surface area contributed by atoms with E-state index in [1.54, 1.807) is 33.3 Å². The van der Waals surface area contributed by atoms with Crippen molar-refractivity contribution in [3.05, 3.63) is 67.8 Å². The monoisotopic (exact) mass is 582 g/mol. The van der Waals surface area contributed by atoms with Crippen LogP contribution in [0.15, 0.2) is 6.07 Å². The largest absolute Gasteiger partial charge is 0.355 e. The van der Waals surface area contributed by atoms with Crippen LogP contribution in [-0.2, 0) is 51.5 Å². The molecule has 0 fully saturated rings. The molecule has 4 nitrogen and oxygen atoms in total. The molecule has 13 bridgehead atoms. The van der Waals surface area contributed by atoms with Gasteiger partial charge in [0, 0.05) is 34.3 Å². The smallest absolute Gasteiger partial charge is 0.0691 e. The fourth-order valence-electron chi connectivity index (χ4n) is 9.32. The summed E-state index contributed by atoms with van der Waals surface area (Å²) in [7, 11) is 0. The van der Waals surface area contributed by atoms with Crippen LogP contribution in [0.5, 0.6) is 0 Å². The summed E-state index contributed by atoms with van der Waals surface area (Å²) in [6, 6.07) is 2.54. The highest BCUT2D eigenvalue weighted by Crippen LogP contribution is 2.40. The summed E-state index contributed by atoms with van der Waals surface area (Å²) in [5.41, 5.74) is 21.4. The van der Waals surface area contributed by atoms with Crippen molar-refractivity contribution in [1.82, 2.24) is 19.5 Å². The maximum Gasteiger partial charge on any atom is 0.0691 e. The van der Waals surface area contributed by atoms with Crippen LogP contribution in [0.25, 0.3) is 46.4 Å². The minimum Gasteiger partial charge on any atom is -0.355 e. The average Bonchev–Trinajstić information content (AvgIpc) is 3.81. The third kappa shape index (κ3) is 4.46. The number of hydrogen-bond donors (Lipinski definition) is 1. The summed E-state index contributed by atoms with van der Waals surface area (Å²) in [5, 5.41) is 0. The highest BCUT2D eigenvalue weighted by molar-refractivity contribution is 5.88. The maximum atomic E-state index is 5.48. The summed E-state index contributed by atoms with van der Waals surface area (Å²) in [4.78, 5) is 15.0. The predicted octanol–water partition coefficient (Wildman–Crippen LogP) is 9.66. The highest BCUT2D eigenvalue weighted by atomic mass is 15.0. The Labute approximate surface area is 261 Å². The summed E-state index contributed by atoms with van der Waals surface area (Å²) < 4.78 is 2.87. The lowest BCUT2D eigenvalue weighted by molar-refractivity contribution is 0.600. The Hall–Kier alpha value is -3.40. The number of nitrogens with one attached hydrogen (secondary N) is 1. The Bertz CT molecular complexity index is 1880.